The quantitative estimate of drug-likeness (QED) is 0.248. The fraction of sp³-hybridized carbons (Fsp3) is 0.562. The summed E-state index contributed by atoms with van der Waals surface area (Å²) in [6.45, 7) is 13.9. The van der Waals surface area contributed by atoms with E-state index >= 15 is 0 Å². The maximum absolute atomic E-state index is 12.6. The van der Waals surface area contributed by atoms with Crippen molar-refractivity contribution in [1.82, 2.24) is 4.90 Å². The van der Waals surface area contributed by atoms with Gasteiger partial charge in [0.05, 0.1) is 19.6 Å². The highest BCUT2D eigenvalue weighted by Crippen LogP contribution is 2.36. The second-order valence-corrected chi connectivity index (χ2v) is 12.1. The van der Waals surface area contributed by atoms with Crippen molar-refractivity contribution in [2.24, 2.45) is 0 Å². The molecule has 0 aliphatic carbocycles. The summed E-state index contributed by atoms with van der Waals surface area (Å²) in [5, 5.41) is 0. The van der Waals surface area contributed by atoms with Crippen molar-refractivity contribution in [2.45, 2.75) is 91.0 Å². The van der Waals surface area contributed by atoms with Gasteiger partial charge in [0.1, 0.15) is 23.6 Å². The molecule has 2 aromatic rings. The maximum Gasteiger partial charge on any atom is 0.410 e. The minimum absolute atomic E-state index is 0.241. The second kappa shape index (κ2) is 13.8. The van der Waals surface area contributed by atoms with Crippen LogP contribution >= 0.6 is 0 Å². The molecule has 0 bridgehead atoms. The number of rotatable bonds is 10. The number of ether oxygens (including phenoxy) is 4. The van der Waals surface area contributed by atoms with Gasteiger partial charge in [0.25, 0.3) is 0 Å². The molecule has 1 amide bonds. The van der Waals surface area contributed by atoms with Crippen LogP contribution in [0.2, 0.25) is 0 Å². The predicted octanol–water partition coefficient (Wildman–Crippen LogP) is 6.67. The number of carbonyl (C=O) groups excluding carboxylic acids is 2. The third-order valence-corrected chi connectivity index (χ3v) is 6.30. The van der Waals surface area contributed by atoms with E-state index in [9.17, 15) is 9.59 Å². The molecule has 0 saturated carbocycles. The fourth-order valence-corrected chi connectivity index (χ4v) is 4.48. The van der Waals surface area contributed by atoms with Gasteiger partial charge in [-0.15, -0.1) is 0 Å². The van der Waals surface area contributed by atoms with Gasteiger partial charge in [-0.25, -0.2) is 4.79 Å². The van der Waals surface area contributed by atoms with E-state index in [2.05, 4.69) is 30.3 Å². The average molecular weight is 540 g/mol. The molecule has 1 fully saturated rings. The third kappa shape index (κ3) is 10.9. The summed E-state index contributed by atoms with van der Waals surface area (Å²) in [7, 11) is 0. The Balaban J connectivity index is 1.61. The highest BCUT2D eigenvalue weighted by molar-refractivity contribution is 5.70. The van der Waals surface area contributed by atoms with Crippen LogP contribution in [0.5, 0.6) is 5.75 Å². The van der Waals surface area contributed by atoms with Gasteiger partial charge < -0.3 is 23.8 Å². The van der Waals surface area contributed by atoms with Gasteiger partial charge in [-0.05, 0) is 89.5 Å². The van der Waals surface area contributed by atoms with E-state index in [1.807, 2.05) is 59.7 Å². The lowest BCUT2D eigenvalue weighted by Gasteiger charge is -2.34. The topological polar surface area (TPSA) is 74.3 Å². The summed E-state index contributed by atoms with van der Waals surface area (Å²) in [5.41, 5.74) is 2.45. The largest absolute Gasteiger partial charge is 0.489 e. The monoisotopic (exact) mass is 539 g/mol. The zero-order valence-corrected chi connectivity index (χ0v) is 24.5. The van der Waals surface area contributed by atoms with Crippen LogP contribution < -0.4 is 4.74 Å². The SMILES string of the molecule is CC(C)(C)OC(=O)CCOCCc1ccc(OCc2ccccc2)c(C2CCN(C(=O)OC(C)(C)C)CC2)c1. The van der Waals surface area contributed by atoms with Gasteiger partial charge in [0.15, 0.2) is 0 Å². The molecule has 0 spiro atoms. The first kappa shape index (κ1) is 30.5. The Morgan fingerprint density at radius 3 is 2.15 bits per heavy atom. The molecule has 0 atom stereocenters. The number of hydrogen-bond acceptors (Lipinski definition) is 6. The molecular formula is C32H45NO6. The van der Waals surface area contributed by atoms with E-state index in [0.717, 1.165) is 36.1 Å². The molecular weight excluding hydrogens is 494 g/mol. The van der Waals surface area contributed by atoms with Crippen molar-refractivity contribution in [3.8, 4) is 5.75 Å². The standard InChI is InChI=1S/C32H45NO6/c1-31(2,3)38-29(34)17-21-36-20-16-24-12-13-28(37-23-25-10-8-7-9-11-25)27(22-24)26-14-18-33(19-15-26)30(35)39-32(4,5)6/h7-13,22,26H,14-21,23H2,1-6H3. The number of carbonyl (C=O) groups is 2. The minimum atomic E-state index is -0.504. The molecule has 7 nitrogen and oxygen atoms in total. The Morgan fingerprint density at radius 2 is 1.51 bits per heavy atom. The molecule has 0 N–H and O–H groups in total. The number of hydrogen-bond donors (Lipinski definition) is 0. The van der Waals surface area contributed by atoms with Gasteiger partial charge >= 0.3 is 12.1 Å². The normalized spacial score (nSPS) is 14.7. The summed E-state index contributed by atoms with van der Waals surface area (Å²) in [4.78, 5) is 26.3. The minimum Gasteiger partial charge on any atom is -0.489 e. The molecule has 1 aliphatic rings. The van der Waals surface area contributed by atoms with Gasteiger partial charge in [0, 0.05) is 13.1 Å². The summed E-state index contributed by atoms with van der Waals surface area (Å²) in [6, 6.07) is 16.5. The molecule has 39 heavy (non-hydrogen) atoms. The molecule has 3 rings (SSSR count). The summed E-state index contributed by atoms with van der Waals surface area (Å²) in [6.07, 6.45) is 2.41. The van der Waals surface area contributed by atoms with Crippen LogP contribution in [0.1, 0.15) is 83.4 Å². The number of likely N-dealkylation sites (tertiary alicyclic amines) is 1. The zero-order valence-electron chi connectivity index (χ0n) is 24.5. The molecule has 2 aromatic carbocycles. The van der Waals surface area contributed by atoms with E-state index in [1.165, 1.54) is 5.56 Å². The van der Waals surface area contributed by atoms with E-state index in [-0.39, 0.29) is 24.4 Å². The molecule has 7 heteroatoms. The summed E-state index contributed by atoms with van der Waals surface area (Å²) in [5.74, 6) is 0.911. The third-order valence-electron chi connectivity index (χ3n) is 6.30. The van der Waals surface area contributed by atoms with E-state index < -0.39 is 11.2 Å². The van der Waals surface area contributed by atoms with Crippen LogP contribution in [0.4, 0.5) is 4.79 Å². The summed E-state index contributed by atoms with van der Waals surface area (Å²) < 4.78 is 22.9. The van der Waals surface area contributed by atoms with Crippen molar-refractivity contribution in [3.63, 3.8) is 0 Å². The Hall–Kier alpha value is -3.06. The van der Waals surface area contributed by atoms with Crippen LogP contribution in [-0.2, 0) is 32.0 Å². The van der Waals surface area contributed by atoms with Crippen LogP contribution in [-0.4, -0.2) is 54.5 Å². The molecule has 1 heterocycles. The van der Waals surface area contributed by atoms with Crippen molar-refractivity contribution in [2.75, 3.05) is 26.3 Å². The number of benzene rings is 2. The highest BCUT2D eigenvalue weighted by Gasteiger charge is 2.29. The van der Waals surface area contributed by atoms with Crippen LogP contribution in [0.15, 0.2) is 48.5 Å². The van der Waals surface area contributed by atoms with Crippen LogP contribution in [0, 0.1) is 0 Å². The highest BCUT2D eigenvalue weighted by atomic mass is 16.6. The lowest BCUT2D eigenvalue weighted by Crippen LogP contribution is -2.41. The molecule has 1 aliphatic heterocycles. The summed E-state index contributed by atoms with van der Waals surface area (Å²) >= 11 is 0. The predicted molar refractivity (Wildman–Crippen MR) is 152 cm³/mol. The smallest absolute Gasteiger partial charge is 0.410 e. The van der Waals surface area contributed by atoms with Crippen molar-refractivity contribution in [3.05, 3.63) is 65.2 Å². The van der Waals surface area contributed by atoms with E-state index in [4.69, 9.17) is 18.9 Å². The zero-order chi connectivity index (χ0) is 28.5. The Morgan fingerprint density at radius 1 is 0.846 bits per heavy atom. The maximum atomic E-state index is 12.6. The van der Waals surface area contributed by atoms with E-state index in [1.54, 1.807) is 4.90 Å². The van der Waals surface area contributed by atoms with Gasteiger partial charge in [-0.1, -0.05) is 42.5 Å². The molecule has 214 valence electrons. The first-order valence-electron chi connectivity index (χ1n) is 14.0. The van der Waals surface area contributed by atoms with Crippen LogP contribution in [0.3, 0.4) is 0 Å². The Labute approximate surface area is 233 Å². The van der Waals surface area contributed by atoms with Crippen molar-refractivity contribution >= 4 is 12.1 Å². The molecule has 1 saturated heterocycles. The number of nitrogens with zero attached hydrogens (tertiary/aromatic N) is 1. The van der Waals surface area contributed by atoms with Gasteiger partial charge in [-0.2, -0.15) is 0 Å². The fourth-order valence-electron chi connectivity index (χ4n) is 4.48. The molecule has 0 unspecified atom stereocenters. The molecule has 0 aromatic heterocycles. The Kier molecular flexibility index (Phi) is 10.8. The number of piperidine rings is 1. The van der Waals surface area contributed by atoms with E-state index in [0.29, 0.717) is 32.9 Å². The van der Waals surface area contributed by atoms with Crippen LogP contribution in [0.25, 0.3) is 0 Å². The van der Waals surface area contributed by atoms with Gasteiger partial charge in [0.2, 0.25) is 0 Å². The first-order valence-corrected chi connectivity index (χ1v) is 14.0. The average Bonchev–Trinajstić information content (AvgIpc) is 2.86. The first-order chi connectivity index (χ1) is 18.4. The van der Waals surface area contributed by atoms with Crippen molar-refractivity contribution < 1.29 is 28.5 Å². The van der Waals surface area contributed by atoms with Crippen molar-refractivity contribution in [1.29, 1.82) is 0 Å². The second-order valence-electron chi connectivity index (χ2n) is 12.1. The lowest BCUT2D eigenvalue weighted by atomic mass is 9.87. The lowest BCUT2D eigenvalue weighted by molar-refractivity contribution is -0.156. The Bertz CT molecular complexity index is 1060. The molecule has 0 radical (unpaired) electrons. The van der Waals surface area contributed by atoms with Gasteiger partial charge in [-0.3, -0.25) is 4.79 Å². The number of esters is 1. The number of amides is 1.